The first-order valence-electron chi connectivity index (χ1n) is 13.6. The average molecular weight is 545 g/mol. The molecule has 5 rings (SSSR count). The van der Waals surface area contributed by atoms with E-state index in [-0.39, 0.29) is 18.6 Å². The van der Waals surface area contributed by atoms with E-state index in [0.29, 0.717) is 35.0 Å². The molecule has 1 atom stereocenters. The maximum absolute atomic E-state index is 13.8. The molecule has 1 aliphatic carbocycles. The number of fused-ring (bicyclic) bond motifs is 1. The molecule has 1 fully saturated rings. The first-order chi connectivity index (χ1) is 19.5. The Bertz CT molecular complexity index is 1450. The second-order valence-corrected chi connectivity index (χ2v) is 10.1. The number of methoxy groups -OCH3 is 3. The van der Waals surface area contributed by atoms with Crippen LogP contribution >= 0.6 is 0 Å². The minimum absolute atomic E-state index is 0.0819. The molecule has 8 nitrogen and oxygen atoms in total. The highest BCUT2D eigenvalue weighted by molar-refractivity contribution is 5.98. The summed E-state index contributed by atoms with van der Waals surface area (Å²) in [6.07, 6.45) is 6.67. The predicted molar refractivity (Wildman–Crippen MR) is 155 cm³/mol. The van der Waals surface area contributed by atoms with Gasteiger partial charge in [0.1, 0.15) is 5.75 Å². The molecule has 3 aromatic carbocycles. The summed E-state index contributed by atoms with van der Waals surface area (Å²) in [5, 5.41) is 14.3. The highest BCUT2D eigenvalue weighted by Gasteiger charge is 2.24. The zero-order valence-electron chi connectivity index (χ0n) is 23.2. The fraction of sp³-hybridized carbons (Fsp3) is 0.344. The van der Waals surface area contributed by atoms with Crippen LogP contribution in [0.3, 0.4) is 0 Å². The molecule has 4 aromatic rings. The van der Waals surface area contributed by atoms with E-state index < -0.39 is 6.04 Å². The van der Waals surface area contributed by atoms with Crippen molar-refractivity contribution in [3.05, 3.63) is 71.9 Å². The number of nitrogens with one attached hydrogen (secondary N) is 2. The number of amides is 1. The van der Waals surface area contributed by atoms with E-state index >= 15 is 0 Å². The number of rotatable bonds is 11. The van der Waals surface area contributed by atoms with E-state index in [0.717, 1.165) is 53.3 Å². The van der Waals surface area contributed by atoms with E-state index in [9.17, 15) is 9.90 Å². The Morgan fingerprint density at radius 1 is 0.950 bits per heavy atom. The van der Waals surface area contributed by atoms with Gasteiger partial charge in [-0.15, -0.1) is 0 Å². The summed E-state index contributed by atoms with van der Waals surface area (Å²) in [5.74, 6) is 1.77. The van der Waals surface area contributed by atoms with Crippen molar-refractivity contribution in [2.45, 2.75) is 44.2 Å². The fourth-order valence-electron chi connectivity index (χ4n) is 5.41. The number of aromatic amines is 1. The molecule has 1 saturated carbocycles. The van der Waals surface area contributed by atoms with Gasteiger partial charge in [0.25, 0.3) is 5.91 Å². The van der Waals surface area contributed by atoms with Crippen LogP contribution in [-0.4, -0.2) is 56.1 Å². The Morgan fingerprint density at radius 2 is 1.68 bits per heavy atom. The first kappa shape index (κ1) is 27.4. The quantitative estimate of drug-likeness (QED) is 0.230. The highest BCUT2D eigenvalue weighted by Crippen LogP contribution is 2.42. The van der Waals surface area contributed by atoms with Crippen molar-refractivity contribution in [3.8, 4) is 34.1 Å². The normalized spacial score (nSPS) is 14.2. The van der Waals surface area contributed by atoms with Crippen LogP contribution in [0.5, 0.6) is 23.0 Å². The summed E-state index contributed by atoms with van der Waals surface area (Å²) in [6, 6.07) is 16.8. The number of hydrogen-bond donors (Lipinski definition) is 3. The number of para-hydroxylation sites is 1. The summed E-state index contributed by atoms with van der Waals surface area (Å²) in [5.41, 5.74) is 4.05. The number of carbonyl (C=O) groups is 1. The van der Waals surface area contributed by atoms with E-state index in [4.69, 9.17) is 18.9 Å². The van der Waals surface area contributed by atoms with E-state index in [1.165, 1.54) is 0 Å². The molecule has 1 heterocycles. The van der Waals surface area contributed by atoms with Gasteiger partial charge in [-0.25, -0.2) is 0 Å². The van der Waals surface area contributed by atoms with Crippen LogP contribution in [0.2, 0.25) is 0 Å². The molecule has 40 heavy (non-hydrogen) atoms. The van der Waals surface area contributed by atoms with Crippen molar-refractivity contribution in [2.75, 3.05) is 27.9 Å². The van der Waals surface area contributed by atoms with E-state index in [1.54, 1.807) is 21.3 Å². The van der Waals surface area contributed by atoms with Crippen LogP contribution in [0.15, 0.2) is 60.8 Å². The Labute approximate surface area is 234 Å². The SMILES string of the molecule is COc1cc(-c2ccc(OC3CCCC3)c(C(=O)N[C@@H](CO)Cc3c[nH]c4ccccc34)c2)cc(OC)c1OC. The van der Waals surface area contributed by atoms with Gasteiger partial charge in [0.2, 0.25) is 5.75 Å². The summed E-state index contributed by atoms with van der Waals surface area (Å²) >= 11 is 0. The largest absolute Gasteiger partial charge is 0.493 e. The Kier molecular flexibility index (Phi) is 8.45. The van der Waals surface area contributed by atoms with Crippen molar-refractivity contribution in [3.63, 3.8) is 0 Å². The number of carbonyl (C=O) groups excluding carboxylic acids is 1. The van der Waals surface area contributed by atoms with Gasteiger partial charge in [-0.05, 0) is 79.1 Å². The molecule has 1 aromatic heterocycles. The lowest BCUT2D eigenvalue weighted by Crippen LogP contribution is -2.39. The summed E-state index contributed by atoms with van der Waals surface area (Å²) in [7, 11) is 4.70. The second kappa shape index (κ2) is 12.3. The number of aromatic nitrogens is 1. The van der Waals surface area contributed by atoms with Crippen molar-refractivity contribution in [1.82, 2.24) is 10.3 Å². The van der Waals surface area contributed by atoms with Crippen molar-refractivity contribution >= 4 is 16.8 Å². The molecule has 1 aliphatic rings. The third-order valence-corrected chi connectivity index (χ3v) is 7.51. The molecule has 0 spiro atoms. The fourth-order valence-corrected chi connectivity index (χ4v) is 5.41. The predicted octanol–water partition coefficient (Wildman–Crippen LogP) is 5.52. The maximum Gasteiger partial charge on any atom is 0.255 e. The van der Waals surface area contributed by atoms with E-state index in [2.05, 4.69) is 10.3 Å². The minimum Gasteiger partial charge on any atom is -0.493 e. The Hall–Kier alpha value is -4.17. The van der Waals surface area contributed by atoms with Gasteiger partial charge in [0, 0.05) is 17.1 Å². The molecule has 1 amide bonds. The van der Waals surface area contributed by atoms with Crippen LogP contribution < -0.4 is 24.3 Å². The molecule has 210 valence electrons. The smallest absolute Gasteiger partial charge is 0.255 e. The zero-order chi connectivity index (χ0) is 28.1. The van der Waals surface area contributed by atoms with Gasteiger partial charge in [0.05, 0.1) is 45.6 Å². The van der Waals surface area contributed by atoms with Crippen LogP contribution in [0.4, 0.5) is 0 Å². The lowest BCUT2D eigenvalue weighted by atomic mass is 10.00. The van der Waals surface area contributed by atoms with Gasteiger partial charge in [-0.2, -0.15) is 0 Å². The van der Waals surface area contributed by atoms with Crippen LogP contribution in [0.1, 0.15) is 41.6 Å². The highest BCUT2D eigenvalue weighted by atomic mass is 16.5. The molecule has 0 saturated heterocycles. The third-order valence-electron chi connectivity index (χ3n) is 7.51. The molecular weight excluding hydrogens is 508 g/mol. The van der Waals surface area contributed by atoms with Gasteiger partial charge in [-0.3, -0.25) is 4.79 Å². The van der Waals surface area contributed by atoms with Gasteiger partial charge < -0.3 is 34.4 Å². The summed E-state index contributed by atoms with van der Waals surface area (Å²) < 4.78 is 22.9. The molecule has 0 bridgehead atoms. The van der Waals surface area contributed by atoms with Crippen LogP contribution in [0, 0.1) is 0 Å². The molecule has 0 aliphatic heterocycles. The third kappa shape index (κ3) is 5.72. The number of aliphatic hydroxyl groups is 1. The minimum atomic E-state index is -0.476. The zero-order valence-corrected chi connectivity index (χ0v) is 23.2. The maximum atomic E-state index is 13.8. The number of hydrogen-bond acceptors (Lipinski definition) is 6. The van der Waals surface area contributed by atoms with Gasteiger partial charge in [0.15, 0.2) is 11.5 Å². The van der Waals surface area contributed by atoms with Crippen molar-refractivity contribution in [1.29, 1.82) is 0 Å². The van der Waals surface area contributed by atoms with Crippen LogP contribution in [0.25, 0.3) is 22.0 Å². The topological polar surface area (TPSA) is 102 Å². The molecule has 8 heteroatoms. The molecule has 0 unspecified atom stereocenters. The number of ether oxygens (including phenoxy) is 4. The van der Waals surface area contributed by atoms with Crippen LogP contribution in [-0.2, 0) is 6.42 Å². The lowest BCUT2D eigenvalue weighted by molar-refractivity contribution is 0.0909. The molecular formula is C32H36N2O6. The standard InChI is InChI=1S/C32H36N2O6/c1-37-29-16-21(17-30(38-2)31(29)39-3)20-12-13-28(40-24-8-4-5-9-24)26(15-20)32(36)34-23(19-35)14-22-18-33-27-11-7-6-10-25(22)27/h6-7,10-13,15-18,23-24,33,35H,4-5,8-9,14,19H2,1-3H3,(H,34,36)/t23-/m1/s1. The van der Waals surface area contributed by atoms with Crippen molar-refractivity contribution < 1.29 is 28.8 Å². The second-order valence-electron chi connectivity index (χ2n) is 10.1. The van der Waals surface area contributed by atoms with Crippen molar-refractivity contribution in [2.24, 2.45) is 0 Å². The summed E-state index contributed by atoms with van der Waals surface area (Å²) in [6.45, 7) is -0.198. The van der Waals surface area contributed by atoms with Gasteiger partial charge in [-0.1, -0.05) is 24.3 Å². The summed E-state index contributed by atoms with van der Waals surface area (Å²) in [4.78, 5) is 17.0. The first-order valence-corrected chi connectivity index (χ1v) is 13.6. The molecule has 3 N–H and O–H groups in total. The number of benzene rings is 3. The lowest BCUT2D eigenvalue weighted by Gasteiger charge is -2.21. The molecule has 0 radical (unpaired) electrons. The number of aliphatic hydroxyl groups excluding tert-OH is 1. The van der Waals surface area contributed by atoms with E-state index in [1.807, 2.05) is 60.8 Å². The number of H-pyrrole nitrogens is 1. The Balaban J connectivity index is 1.47. The average Bonchev–Trinajstić information content (AvgIpc) is 3.66. The Morgan fingerprint density at radius 3 is 2.35 bits per heavy atom. The van der Waals surface area contributed by atoms with Gasteiger partial charge >= 0.3 is 0 Å². The monoisotopic (exact) mass is 544 g/mol.